The molecule has 4 nitrogen and oxygen atoms in total. The average molecular weight is 342 g/mol. The Bertz CT molecular complexity index is 686. The van der Waals surface area contributed by atoms with Crippen molar-refractivity contribution in [2.24, 2.45) is 0 Å². The van der Waals surface area contributed by atoms with Crippen molar-refractivity contribution in [2.75, 3.05) is 19.4 Å². The molecule has 1 unspecified atom stereocenters. The second kappa shape index (κ2) is 7.71. The summed E-state index contributed by atoms with van der Waals surface area (Å²) in [5.74, 6) is 1.46. The number of thioether (sulfide) groups is 1. The number of aromatic nitrogens is 1. The second-order valence-electron chi connectivity index (χ2n) is 5.98. The molecule has 2 aromatic rings. The van der Waals surface area contributed by atoms with Crippen molar-refractivity contribution in [2.45, 2.75) is 30.8 Å². The molecule has 1 saturated heterocycles. The van der Waals surface area contributed by atoms with Crippen LogP contribution in [0.5, 0.6) is 5.75 Å². The molecule has 2 heterocycles. The van der Waals surface area contributed by atoms with E-state index in [2.05, 4.69) is 17.1 Å². The molecule has 1 fully saturated rings. The third kappa shape index (κ3) is 3.90. The van der Waals surface area contributed by atoms with Crippen LogP contribution in [0.2, 0.25) is 0 Å². The van der Waals surface area contributed by atoms with E-state index in [0.29, 0.717) is 5.75 Å². The van der Waals surface area contributed by atoms with Gasteiger partial charge in [0.1, 0.15) is 5.75 Å². The molecular formula is C19H22N2O2S. The van der Waals surface area contributed by atoms with Crippen LogP contribution < -0.4 is 4.74 Å². The van der Waals surface area contributed by atoms with Crippen LogP contribution in [0.25, 0.3) is 0 Å². The molecule has 0 saturated carbocycles. The highest BCUT2D eigenvalue weighted by Gasteiger charge is 2.29. The monoisotopic (exact) mass is 342 g/mol. The van der Waals surface area contributed by atoms with Crippen LogP contribution in [0, 0.1) is 6.92 Å². The van der Waals surface area contributed by atoms with E-state index in [1.807, 2.05) is 42.3 Å². The van der Waals surface area contributed by atoms with Gasteiger partial charge in [-0.05, 0) is 49.1 Å². The molecule has 1 aliphatic heterocycles. The molecule has 0 bridgehead atoms. The number of pyridine rings is 1. The van der Waals surface area contributed by atoms with Crippen LogP contribution in [-0.4, -0.2) is 35.2 Å². The van der Waals surface area contributed by atoms with Gasteiger partial charge in [-0.1, -0.05) is 30.0 Å². The zero-order valence-electron chi connectivity index (χ0n) is 14.1. The van der Waals surface area contributed by atoms with E-state index < -0.39 is 0 Å². The summed E-state index contributed by atoms with van der Waals surface area (Å²) in [7, 11) is 1.66. The standard InChI is InChI=1S/C19H22N2O2S/c1-14-5-10-18(20-12-14)24-13-19(22)21-11-3-4-17(21)15-6-8-16(23-2)9-7-15/h5-10,12,17H,3-4,11,13H2,1-2H3. The van der Waals surface area contributed by atoms with Crippen LogP contribution >= 0.6 is 11.8 Å². The summed E-state index contributed by atoms with van der Waals surface area (Å²) in [6.07, 6.45) is 3.91. The predicted octanol–water partition coefficient (Wildman–Crippen LogP) is 3.85. The number of hydrogen-bond donors (Lipinski definition) is 0. The molecule has 0 spiro atoms. The Kier molecular flexibility index (Phi) is 5.41. The molecule has 24 heavy (non-hydrogen) atoms. The van der Waals surface area contributed by atoms with Crippen LogP contribution in [0.4, 0.5) is 0 Å². The van der Waals surface area contributed by atoms with Crippen LogP contribution in [0.15, 0.2) is 47.6 Å². The van der Waals surface area contributed by atoms with Crippen LogP contribution in [0.3, 0.4) is 0 Å². The molecule has 1 atom stereocenters. The van der Waals surface area contributed by atoms with Gasteiger partial charge in [0.05, 0.1) is 23.9 Å². The van der Waals surface area contributed by atoms with Crippen LogP contribution in [-0.2, 0) is 4.79 Å². The van der Waals surface area contributed by atoms with Gasteiger partial charge in [-0.25, -0.2) is 4.98 Å². The van der Waals surface area contributed by atoms with Gasteiger partial charge in [0, 0.05) is 12.7 Å². The maximum Gasteiger partial charge on any atom is 0.233 e. The highest BCUT2D eigenvalue weighted by Crippen LogP contribution is 2.33. The maximum atomic E-state index is 12.6. The molecular weight excluding hydrogens is 320 g/mol. The Morgan fingerprint density at radius 2 is 2.08 bits per heavy atom. The Balaban J connectivity index is 1.63. The molecule has 0 radical (unpaired) electrons. The van der Waals surface area contributed by atoms with Gasteiger partial charge in [0.2, 0.25) is 5.91 Å². The van der Waals surface area contributed by atoms with Crippen molar-refractivity contribution in [1.29, 1.82) is 0 Å². The van der Waals surface area contributed by atoms with Gasteiger partial charge in [0.25, 0.3) is 0 Å². The molecule has 126 valence electrons. The van der Waals surface area contributed by atoms with Gasteiger partial charge in [-0.3, -0.25) is 4.79 Å². The largest absolute Gasteiger partial charge is 0.497 e. The quantitative estimate of drug-likeness (QED) is 0.774. The Labute approximate surface area is 147 Å². The van der Waals surface area contributed by atoms with E-state index in [-0.39, 0.29) is 11.9 Å². The number of aryl methyl sites for hydroxylation is 1. The fraction of sp³-hybridized carbons (Fsp3) is 0.368. The third-order valence-corrected chi connectivity index (χ3v) is 5.23. The summed E-state index contributed by atoms with van der Waals surface area (Å²) >= 11 is 1.51. The second-order valence-corrected chi connectivity index (χ2v) is 6.98. The molecule has 1 amide bonds. The zero-order valence-corrected chi connectivity index (χ0v) is 14.9. The predicted molar refractivity (Wildman–Crippen MR) is 96.4 cm³/mol. The minimum atomic E-state index is 0.176. The fourth-order valence-electron chi connectivity index (χ4n) is 3.00. The molecule has 3 rings (SSSR count). The summed E-state index contributed by atoms with van der Waals surface area (Å²) in [4.78, 5) is 19.0. The molecule has 1 aromatic heterocycles. The van der Waals surface area contributed by atoms with E-state index in [1.165, 1.54) is 17.3 Å². The first-order valence-electron chi connectivity index (χ1n) is 8.16. The Morgan fingerprint density at radius 3 is 2.75 bits per heavy atom. The summed E-state index contributed by atoms with van der Waals surface area (Å²) in [5.41, 5.74) is 2.31. The van der Waals surface area contributed by atoms with Gasteiger partial charge in [0.15, 0.2) is 0 Å². The van der Waals surface area contributed by atoms with E-state index in [1.54, 1.807) is 7.11 Å². The topological polar surface area (TPSA) is 42.4 Å². The van der Waals surface area contributed by atoms with Gasteiger partial charge >= 0.3 is 0 Å². The molecule has 0 N–H and O–H groups in total. The number of methoxy groups -OCH3 is 1. The zero-order chi connectivity index (χ0) is 16.9. The number of hydrogen-bond acceptors (Lipinski definition) is 4. The Morgan fingerprint density at radius 1 is 1.29 bits per heavy atom. The van der Waals surface area contributed by atoms with Crippen molar-refractivity contribution in [3.05, 3.63) is 53.7 Å². The maximum absolute atomic E-state index is 12.6. The average Bonchev–Trinajstić information content (AvgIpc) is 3.11. The number of likely N-dealkylation sites (tertiary alicyclic amines) is 1. The number of ether oxygens (including phenoxy) is 1. The minimum Gasteiger partial charge on any atom is -0.497 e. The highest BCUT2D eigenvalue weighted by molar-refractivity contribution is 7.99. The third-order valence-electron chi connectivity index (χ3n) is 4.30. The molecule has 5 heteroatoms. The SMILES string of the molecule is COc1ccc(C2CCCN2C(=O)CSc2ccc(C)cn2)cc1. The lowest BCUT2D eigenvalue weighted by Crippen LogP contribution is -2.31. The molecule has 0 aliphatic carbocycles. The lowest BCUT2D eigenvalue weighted by atomic mass is 10.0. The Hall–Kier alpha value is -2.01. The van der Waals surface area contributed by atoms with Crippen molar-refractivity contribution in [3.8, 4) is 5.75 Å². The van der Waals surface area contributed by atoms with Gasteiger partial charge in [-0.2, -0.15) is 0 Å². The van der Waals surface area contributed by atoms with E-state index >= 15 is 0 Å². The van der Waals surface area contributed by atoms with Gasteiger partial charge < -0.3 is 9.64 Å². The number of amides is 1. The normalized spacial score (nSPS) is 17.1. The first-order chi connectivity index (χ1) is 11.7. The van der Waals surface area contributed by atoms with E-state index in [0.717, 1.165) is 35.7 Å². The first kappa shape index (κ1) is 16.8. The van der Waals surface area contributed by atoms with Crippen molar-refractivity contribution in [3.63, 3.8) is 0 Å². The van der Waals surface area contributed by atoms with Crippen molar-refractivity contribution in [1.82, 2.24) is 9.88 Å². The van der Waals surface area contributed by atoms with Crippen LogP contribution in [0.1, 0.15) is 30.0 Å². The number of nitrogens with zero attached hydrogens (tertiary/aromatic N) is 2. The number of rotatable bonds is 5. The number of benzene rings is 1. The van der Waals surface area contributed by atoms with E-state index in [9.17, 15) is 4.79 Å². The highest BCUT2D eigenvalue weighted by atomic mass is 32.2. The summed E-state index contributed by atoms with van der Waals surface area (Å²) < 4.78 is 5.21. The summed E-state index contributed by atoms with van der Waals surface area (Å²) in [6, 6.07) is 12.2. The fourth-order valence-corrected chi connectivity index (χ4v) is 3.72. The van der Waals surface area contributed by atoms with Crippen molar-refractivity contribution >= 4 is 17.7 Å². The lowest BCUT2D eigenvalue weighted by Gasteiger charge is -2.25. The number of carbonyl (C=O) groups is 1. The summed E-state index contributed by atoms with van der Waals surface area (Å²) in [5, 5.41) is 0.897. The summed E-state index contributed by atoms with van der Waals surface area (Å²) in [6.45, 7) is 2.84. The minimum absolute atomic E-state index is 0.176. The van der Waals surface area contributed by atoms with E-state index in [4.69, 9.17) is 4.74 Å². The number of carbonyl (C=O) groups excluding carboxylic acids is 1. The first-order valence-corrected chi connectivity index (χ1v) is 9.15. The van der Waals surface area contributed by atoms with Crippen molar-refractivity contribution < 1.29 is 9.53 Å². The molecule has 1 aliphatic rings. The smallest absolute Gasteiger partial charge is 0.233 e. The van der Waals surface area contributed by atoms with Gasteiger partial charge in [-0.15, -0.1) is 0 Å². The molecule has 1 aromatic carbocycles. The lowest BCUT2D eigenvalue weighted by molar-refractivity contribution is -0.129.